The van der Waals surface area contributed by atoms with E-state index in [1.54, 1.807) is 4.90 Å². The van der Waals surface area contributed by atoms with Gasteiger partial charge in [-0.3, -0.25) is 9.69 Å². The molecule has 0 atom stereocenters. The fraction of sp³-hybridized carbons (Fsp3) is 0.182. The minimum atomic E-state index is -0.0386. The molecule has 0 unspecified atom stereocenters. The van der Waals surface area contributed by atoms with E-state index in [1.807, 2.05) is 43.5 Å². The first-order valence-corrected chi connectivity index (χ1v) is 12.0. The maximum Gasteiger partial charge on any atom is 0.243 e. The molecular formula is C22H20N4OS3. The number of aryl methyl sites for hydroxylation is 3. The van der Waals surface area contributed by atoms with Crippen molar-refractivity contribution in [1.29, 1.82) is 0 Å². The lowest BCUT2D eigenvalue weighted by atomic mass is 10.1. The summed E-state index contributed by atoms with van der Waals surface area (Å²) in [5.74, 6) is 0.227. The van der Waals surface area contributed by atoms with Gasteiger partial charge in [0.2, 0.25) is 5.91 Å². The molecule has 8 heteroatoms. The average Bonchev–Trinajstić information content (AvgIpc) is 3.37. The first-order chi connectivity index (χ1) is 14.5. The highest BCUT2D eigenvalue weighted by molar-refractivity contribution is 8.01. The monoisotopic (exact) mass is 452 g/mol. The van der Waals surface area contributed by atoms with E-state index in [2.05, 4.69) is 41.4 Å². The number of thiazole rings is 1. The Morgan fingerprint density at radius 1 is 1.03 bits per heavy atom. The van der Waals surface area contributed by atoms with Crippen molar-refractivity contribution in [2.75, 3.05) is 10.7 Å². The van der Waals surface area contributed by atoms with Crippen molar-refractivity contribution in [3.8, 4) is 11.3 Å². The van der Waals surface area contributed by atoms with Crippen LogP contribution in [0.5, 0.6) is 0 Å². The summed E-state index contributed by atoms with van der Waals surface area (Å²) in [6.45, 7) is 5.99. The van der Waals surface area contributed by atoms with Crippen molar-refractivity contribution in [3.05, 3.63) is 70.0 Å². The van der Waals surface area contributed by atoms with Crippen LogP contribution >= 0.6 is 34.4 Å². The molecule has 152 valence electrons. The van der Waals surface area contributed by atoms with Crippen LogP contribution in [-0.2, 0) is 4.79 Å². The Kier molecular flexibility index (Phi) is 6.26. The summed E-state index contributed by atoms with van der Waals surface area (Å²) in [6.07, 6.45) is 0. The molecule has 0 saturated heterocycles. The van der Waals surface area contributed by atoms with Gasteiger partial charge in [-0.05, 0) is 38.5 Å². The summed E-state index contributed by atoms with van der Waals surface area (Å²) in [5.41, 5.74) is 5.02. The number of hydrogen-bond donors (Lipinski definition) is 0. The molecule has 0 radical (unpaired) electrons. The second-order valence-corrected chi connectivity index (χ2v) is 10.1. The number of carbonyl (C=O) groups excluding carboxylic acids is 1. The van der Waals surface area contributed by atoms with E-state index in [-0.39, 0.29) is 11.7 Å². The Morgan fingerprint density at radius 2 is 1.83 bits per heavy atom. The van der Waals surface area contributed by atoms with Crippen LogP contribution in [0.15, 0.2) is 58.3 Å². The van der Waals surface area contributed by atoms with Gasteiger partial charge in [0.15, 0.2) is 9.47 Å². The molecule has 5 nitrogen and oxygen atoms in total. The number of nitrogens with zero attached hydrogens (tertiary/aromatic N) is 4. The minimum Gasteiger partial charge on any atom is -0.273 e. The van der Waals surface area contributed by atoms with Gasteiger partial charge in [0.1, 0.15) is 5.01 Å². The third kappa shape index (κ3) is 4.77. The van der Waals surface area contributed by atoms with E-state index in [4.69, 9.17) is 4.98 Å². The number of thioether (sulfide) groups is 1. The lowest BCUT2D eigenvalue weighted by molar-refractivity contribution is -0.115. The van der Waals surface area contributed by atoms with E-state index < -0.39 is 0 Å². The molecule has 0 N–H and O–H groups in total. The SMILES string of the molecule is Cc1ccc(-c2csc(N(C(=O)CSc3nnc(C)s3)c3cccc(C)c3)n2)cc1. The molecule has 30 heavy (non-hydrogen) atoms. The molecule has 0 bridgehead atoms. The molecule has 2 aromatic carbocycles. The van der Waals surface area contributed by atoms with Crippen molar-refractivity contribution in [1.82, 2.24) is 15.2 Å². The third-order valence-corrected chi connectivity index (χ3v) is 7.15. The Hall–Kier alpha value is -2.55. The summed E-state index contributed by atoms with van der Waals surface area (Å²) in [7, 11) is 0. The average molecular weight is 453 g/mol. The number of carbonyl (C=O) groups is 1. The van der Waals surface area contributed by atoms with E-state index in [0.717, 1.165) is 31.9 Å². The van der Waals surface area contributed by atoms with E-state index >= 15 is 0 Å². The Morgan fingerprint density at radius 3 is 2.53 bits per heavy atom. The second-order valence-electron chi connectivity index (χ2n) is 6.83. The molecule has 0 saturated carbocycles. The van der Waals surface area contributed by atoms with Gasteiger partial charge >= 0.3 is 0 Å². The van der Waals surface area contributed by atoms with Gasteiger partial charge in [0, 0.05) is 10.9 Å². The number of hydrogen-bond acceptors (Lipinski definition) is 7. The molecule has 0 spiro atoms. The van der Waals surface area contributed by atoms with E-state index in [9.17, 15) is 4.79 Å². The zero-order valence-electron chi connectivity index (χ0n) is 16.8. The molecule has 4 aromatic rings. The molecular weight excluding hydrogens is 432 g/mol. The van der Waals surface area contributed by atoms with Crippen LogP contribution in [0.4, 0.5) is 10.8 Å². The lowest BCUT2D eigenvalue weighted by Gasteiger charge is -2.20. The number of aromatic nitrogens is 3. The maximum atomic E-state index is 13.3. The molecule has 2 heterocycles. The predicted octanol–water partition coefficient (Wildman–Crippen LogP) is 6.04. The molecule has 0 aliphatic carbocycles. The van der Waals surface area contributed by atoms with Gasteiger partial charge in [-0.1, -0.05) is 65.1 Å². The Bertz CT molecular complexity index is 1170. The van der Waals surface area contributed by atoms with Crippen molar-refractivity contribution < 1.29 is 4.79 Å². The van der Waals surface area contributed by atoms with Gasteiger partial charge < -0.3 is 0 Å². The van der Waals surface area contributed by atoms with Crippen LogP contribution < -0.4 is 4.90 Å². The fourth-order valence-corrected chi connectivity index (χ4v) is 5.41. The zero-order chi connectivity index (χ0) is 21.1. The third-order valence-electron chi connectivity index (χ3n) is 4.37. The van der Waals surface area contributed by atoms with Gasteiger partial charge in [0.25, 0.3) is 0 Å². The summed E-state index contributed by atoms with van der Waals surface area (Å²) >= 11 is 4.37. The number of anilines is 2. The van der Waals surface area contributed by atoms with Crippen molar-refractivity contribution >= 4 is 51.2 Å². The van der Waals surface area contributed by atoms with E-state index in [0.29, 0.717) is 5.13 Å². The van der Waals surface area contributed by atoms with Crippen LogP contribution in [-0.4, -0.2) is 26.8 Å². The minimum absolute atomic E-state index is 0.0386. The van der Waals surface area contributed by atoms with Gasteiger partial charge in [0.05, 0.1) is 17.1 Å². The van der Waals surface area contributed by atoms with Gasteiger partial charge in [-0.2, -0.15) is 0 Å². The summed E-state index contributed by atoms with van der Waals surface area (Å²) in [4.78, 5) is 19.7. The standard InChI is InChI=1S/C22H20N4OS3/c1-14-7-9-17(10-8-14)19-12-28-21(23-19)26(18-6-4-5-15(2)11-18)20(27)13-29-22-25-24-16(3)30-22/h4-12H,13H2,1-3H3. The number of amides is 1. The Labute approximate surface area is 187 Å². The van der Waals surface area contributed by atoms with Crippen molar-refractivity contribution in [3.63, 3.8) is 0 Å². The quantitative estimate of drug-likeness (QED) is 0.334. The summed E-state index contributed by atoms with van der Waals surface area (Å²) in [5, 5.41) is 11.7. The zero-order valence-corrected chi connectivity index (χ0v) is 19.3. The van der Waals surface area contributed by atoms with Crippen LogP contribution in [0.3, 0.4) is 0 Å². The molecule has 1 amide bonds. The second kappa shape index (κ2) is 9.07. The molecule has 2 aromatic heterocycles. The van der Waals surface area contributed by atoms with Crippen LogP contribution in [0.2, 0.25) is 0 Å². The molecule has 0 fully saturated rings. The largest absolute Gasteiger partial charge is 0.273 e. The van der Waals surface area contributed by atoms with Crippen molar-refractivity contribution in [2.45, 2.75) is 25.1 Å². The predicted molar refractivity (Wildman–Crippen MR) is 126 cm³/mol. The number of benzene rings is 2. The molecule has 0 aliphatic rings. The highest BCUT2D eigenvalue weighted by atomic mass is 32.2. The first-order valence-electron chi connectivity index (χ1n) is 9.35. The summed E-state index contributed by atoms with van der Waals surface area (Å²) < 4.78 is 0.796. The maximum absolute atomic E-state index is 13.3. The molecule has 0 aliphatic heterocycles. The Balaban J connectivity index is 1.63. The fourth-order valence-electron chi connectivity index (χ4n) is 2.88. The smallest absolute Gasteiger partial charge is 0.243 e. The van der Waals surface area contributed by atoms with Gasteiger partial charge in [-0.25, -0.2) is 4.98 Å². The lowest BCUT2D eigenvalue weighted by Crippen LogP contribution is -2.27. The van der Waals surface area contributed by atoms with Gasteiger partial charge in [-0.15, -0.1) is 21.5 Å². The normalized spacial score (nSPS) is 10.9. The van der Waals surface area contributed by atoms with Crippen LogP contribution in [0.1, 0.15) is 16.1 Å². The topological polar surface area (TPSA) is 59.0 Å². The van der Waals surface area contributed by atoms with Crippen LogP contribution in [0.25, 0.3) is 11.3 Å². The van der Waals surface area contributed by atoms with E-state index in [1.165, 1.54) is 40.0 Å². The first kappa shape index (κ1) is 20.7. The highest BCUT2D eigenvalue weighted by Gasteiger charge is 2.22. The van der Waals surface area contributed by atoms with Crippen molar-refractivity contribution in [2.24, 2.45) is 0 Å². The molecule has 4 rings (SSSR count). The summed E-state index contributed by atoms with van der Waals surface area (Å²) in [6, 6.07) is 16.2. The number of rotatable bonds is 6. The van der Waals surface area contributed by atoms with Crippen LogP contribution in [0, 0.1) is 20.8 Å². The highest BCUT2D eigenvalue weighted by Crippen LogP contribution is 2.34.